The van der Waals surface area contributed by atoms with E-state index in [1.54, 1.807) is 0 Å². The van der Waals surface area contributed by atoms with Crippen LogP contribution in [0.4, 0.5) is 0 Å². The molecule has 5 atom stereocenters. The van der Waals surface area contributed by atoms with Crippen LogP contribution in [0.15, 0.2) is 0 Å². The van der Waals surface area contributed by atoms with Gasteiger partial charge in [-0.15, -0.1) is 0 Å². The number of aliphatic hydroxyl groups excluding tert-OH is 1. The lowest BCUT2D eigenvalue weighted by Crippen LogP contribution is -2.30. The van der Waals surface area contributed by atoms with Crippen LogP contribution in [0.1, 0.15) is 395 Å². The Labute approximate surface area is 588 Å². The minimum atomic E-state index is -4.96. The topological polar surface area (TPSA) is 237 Å². The second-order valence-corrected chi connectivity index (χ2v) is 32.1. The highest BCUT2D eigenvalue weighted by atomic mass is 31.2. The van der Waals surface area contributed by atoms with E-state index in [1.165, 1.54) is 199 Å². The maximum atomic E-state index is 13.1. The Morgan fingerprint density at radius 2 is 0.479 bits per heavy atom. The molecule has 0 saturated heterocycles. The zero-order valence-electron chi connectivity index (χ0n) is 62.8. The van der Waals surface area contributed by atoms with Crippen LogP contribution in [0.5, 0.6) is 0 Å². The molecule has 0 aliphatic carbocycles. The molecule has 0 aliphatic rings. The van der Waals surface area contributed by atoms with Crippen molar-refractivity contribution in [3.63, 3.8) is 0 Å². The highest BCUT2D eigenvalue weighted by Crippen LogP contribution is 2.45. The molecule has 0 radical (unpaired) electrons. The molecule has 0 aliphatic heterocycles. The quantitative estimate of drug-likeness (QED) is 0.0222. The maximum absolute atomic E-state index is 13.1. The summed E-state index contributed by atoms with van der Waals surface area (Å²) in [5.41, 5.74) is 0. The number of hydrogen-bond donors (Lipinski definition) is 3. The second kappa shape index (κ2) is 67.5. The molecule has 17 nitrogen and oxygen atoms in total. The van der Waals surface area contributed by atoms with Gasteiger partial charge in [0.05, 0.1) is 26.4 Å². The Morgan fingerprint density at radius 3 is 0.708 bits per heavy atom. The molecular formula is C77H150O17P2. The van der Waals surface area contributed by atoms with E-state index in [9.17, 15) is 43.2 Å². The average molecular weight is 1410 g/mol. The number of ether oxygens (including phenoxy) is 4. The standard InChI is InChI=1S/C77H150O17P2/c1-8-9-10-41-51-58-74(79)87-64-72(93-76(81)61-54-47-40-34-28-27-31-37-44-50-57-70(6)7)66-91-95(83,84)89-62-71(78)63-90-96(85,86)92-67-73(94-77(82)60-53-46-39-33-26-22-18-14-12-16-20-24-30-36-43-49-56-69(4)5)65-88-75(80)59-52-45-38-32-25-21-17-13-11-15-19-23-29-35-42-48-55-68(2)3/h68-73,78H,8-67H2,1-7H3,(H,83,84)(H,85,86)/t71-,72+,73+/m0/s1. The molecule has 19 heteroatoms. The van der Waals surface area contributed by atoms with Gasteiger partial charge in [0, 0.05) is 25.7 Å². The summed E-state index contributed by atoms with van der Waals surface area (Å²) in [5, 5.41) is 10.6. The fourth-order valence-corrected chi connectivity index (χ4v) is 13.4. The van der Waals surface area contributed by atoms with Crippen molar-refractivity contribution in [3.8, 4) is 0 Å². The van der Waals surface area contributed by atoms with Crippen molar-refractivity contribution in [3.05, 3.63) is 0 Å². The molecule has 0 aromatic carbocycles. The summed E-state index contributed by atoms with van der Waals surface area (Å²) in [4.78, 5) is 72.6. The lowest BCUT2D eigenvalue weighted by atomic mass is 10.0. The van der Waals surface area contributed by atoms with Gasteiger partial charge in [0.25, 0.3) is 0 Å². The highest BCUT2D eigenvalue weighted by Gasteiger charge is 2.30. The summed E-state index contributed by atoms with van der Waals surface area (Å²) < 4.78 is 68.3. The molecule has 2 unspecified atom stereocenters. The van der Waals surface area contributed by atoms with Gasteiger partial charge >= 0.3 is 39.5 Å². The van der Waals surface area contributed by atoms with Crippen LogP contribution in [-0.4, -0.2) is 96.7 Å². The number of rotatable bonds is 75. The van der Waals surface area contributed by atoms with Gasteiger partial charge in [0.2, 0.25) is 0 Å². The molecule has 0 bridgehead atoms. The van der Waals surface area contributed by atoms with E-state index < -0.39 is 97.5 Å². The molecule has 0 rings (SSSR count). The van der Waals surface area contributed by atoms with Crippen molar-refractivity contribution in [2.45, 2.75) is 414 Å². The normalized spacial score (nSPS) is 14.1. The number of aliphatic hydroxyl groups is 1. The fourth-order valence-electron chi connectivity index (χ4n) is 11.8. The SMILES string of the molecule is CCCCCCCC(=O)OC[C@H](COP(=O)(O)OC[C@H](O)COP(=O)(O)OC[C@@H](COC(=O)CCCCCCCCCCCCCCCCCCC(C)C)OC(=O)CCCCCCCCCCCCCCCCCCC(C)C)OC(=O)CCCCCCCCCCCCC(C)C. The van der Waals surface area contributed by atoms with Crippen LogP contribution < -0.4 is 0 Å². The first-order chi connectivity index (χ1) is 46.2. The summed E-state index contributed by atoms with van der Waals surface area (Å²) in [5.74, 6) is 0.246. The highest BCUT2D eigenvalue weighted by molar-refractivity contribution is 7.47. The Balaban J connectivity index is 5.13. The van der Waals surface area contributed by atoms with Gasteiger partial charge < -0.3 is 33.8 Å². The van der Waals surface area contributed by atoms with Gasteiger partial charge in [-0.25, -0.2) is 9.13 Å². The van der Waals surface area contributed by atoms with Crippen LogP contribution in [0.25, 0.3) is 0 Å². The molecule has 0 amide bonds. The third-order valence-corrected chi connectivity index (χ3v) is 19.8. The van der Waals surface area contributed by atoms with E-state index in [0.717, 1.165) is 114 Å². The minimum absolute atomic E-state index is 0.105. The predicted molar refractivity (Wildman–Crippen MR) is 391 cm³/mol. The number of phosphoric ester groups is 2. The first kappa shape index (κ1) is 94.1. The van der Waals surface area contributed by atoms with Crippen molar-refractivity contribution in [2.75, 3.05) is 39.6 Å². The minimum Gasteiger partial charge on any atom is -0.462 e. The van der Waals surface area contributed by atoms with Crippen molar-refractivity contribution >= 4 is 39.5 Å². The third kappa shape index (κ3) is 70.5. The molecule has 0 aromatic heterocycles. The summed E-state index contributed by atoms with van der Waals surface area (Å²) in [6.07, 6.45) is 54.6. The van der Waals surface area contributed by atoms with Gasteiger partial charge in [-0.1, -0.05) is 344 Å². The summed E-state index contributed by atoms with van der Waals surface area (Å²) in [6, 6.07) is 0. The number of phosphoric acid groups is 2. The molecule has 570 valence electrons. The Bertz CT molecular complexity index is 1870. The second-order valence-electron chi connectivity index (χ2n) is 29.2. The van der Waals surface area contributed by atoms with Crippen molar-refractivity contribution < 1.29 is 80.2 Å². The monoisotopic (exact) mass is 1410 g/mol. The number of carbonyl (C=O) groups excluding carboxylic acids is 4. The summed E-state index contributed by atoms with van der Waals surface area (Å²) in [7, 11) is -9.90. The number of carbonyl (C=O) groups is 4. The van der Waals surface area contributed by atoms with Crippen LogP contribution in [0.2, 0.25) is 0 Å². The average Bonchev–Trinajstić information content (AvgIpc) is 1.51. The van der Waals surface area contributed by atoms with Crippen LogP contribution in [-0.2, 0) is 65.4 Å². The van der Waals surface area contributed by atoms with Crippen molar-refractivity contribution in [1.29, 1.82) is 0 Å². The molecule has 0 saturated carbocycles. The number of esters is 4. The maximum Gasteiger partial charge on any atom is 0.472 e. The van der Waals surface area contributed by atoms with Gasteiger partial charge in [0.15, 0.2) is 12.2 Å². The first-order valence-electron chi connectivity index (χ1n) is 39.8. The summed E-state index contributed by atoms with van der Waals surface area (Å²) >= 11 is 0. The van der Waals surface area contributed by atoms with Gasteiger partial charge in [0.1, 0.15) is 19.3 Å². The molecule has 96 heavy (non-hydrogen) atoms. The first-order valence-corrected chi connectivity index (χ1v) is 42.8. The number of unbranched alkanes of at least 4 members (excludes halogenated alkanes) is 43. The Kier molecular flexibility index (Phi) is 66.2. The van der Waals surface area contributed by atoms with Crippen LogP contribution in [0.3, 0.4) is 0 Å². The lowest BCUT2D eigenvalue weighted by Gasteiger charge is -2.21. The van der Waals surface area contributed by atoms with Crippen LogP contribution in [0, 0.1) is 17.8 Å². The van der Waals surface area contributed by atoms with E-state index >= 15 is 0 Å². The van der Waals surface area contributed by atoms with Crippen molar-refractivity contribution in [1.82, 2.24) is 0 Å². The third-order valence-electron chi connectivity index (χ3n) is 17.9. The van der Waals surface area contributed by atoms with Crippen molar-refractivity contribution in [2.24, 2.45) is 17.8 Å². The molecule has 0 aromatic rings. The molecule has 0 fully saturated rings. The van der Waals surface area contributed by atoms with Gasteiger partial charge in [-0.05, 0) is 43.4 Å². The predicted octanol–water partition coefficient (Wildman–Crippen LogP) is 22.6. The van der Waals surface area contributed by atoms with E-state index in [0.29, 0.717) is 25.7 Å². The van der Waals surface area contributed by atoms with E-state index in [2.05, 4.69) is 48.5 Å². The zero-order valence-corrected chi connectivity index (χ0v) is 64.6. The van der Waals surface area contributed by atoms with E-state index in [-0.39, 0.29) is 25.7 Å². The molecule has 0 spiro atoms. The largest absolute Gasteiger partial charge is 0.472 e. The van der Waals surface area contributed by atoms with Crippen LogP contribution >= 0.6 is 15.6 Å². The Hall–Kier alpha value is -1.94. The molecule has 0 heterocycles. The zero-order chi connectivity index (χ0) is 70.9. The smallest absolute Gasteiger partial charge is 0.462 e. The fraction of sp³-hybridized carbons (Fsp3) is 0.948. The molecular weight excluding hydrogens is 1260 g/mol. The van der Waals surface area contributed by atoms with E-state index in [4.69, 9.17) is 37.0 Å². The Morgan fingerprint density at radius 1 is 0.281 bits per heavy atom. The van der Waals surface area contributed by atoms with E-state index in [1.807, 2.05) is 0 Å². The number of hydrogen-bond acceptors (Lipinski definition) is 15. The van der Waals surface area contributed by atoms with Gasteiger partial charge in [-0.3, -0.25) is 37.3 Å². The molecule has 3 N–H and O–H groups in total. The summed E-state index contributed by atoms with van der Waals surface area (Å²) in [6.45, 7) is 11.9. The lowest BCUT2D eigenvalue weighted by molar-refractivity contribution is -0.161. The van der Waals surface area contributed by atoms with Gasteiger partial charge in [-0.2, -0.15) is 0 Å².